The molecule has 0 radical (unpaired) electrons. The molecule has 18 heavy (non-hydrogen) atoms. The van der Waals surface area contributed by atoms with Gasteiger partial charge in [0.05, 0.1) is 10.0 Å². The van der Waals surface area contributed by atoms with Crippen molar-refractivity contribution in [3.8, 4) is 0 Å². The molecular weight excluding hydrogens is 271 g/mol. The van der Waals surface area contributed by atoms with E-state index in [0.717, 1.165) is 12.8 Å². The Bertz CT molecular complexity index is 405. The van der Waals surface area contributed by atoms with Crippen LogP contribution in [-0.2, 0) is 9.53 Å². The summed E-state index contributed by atoms with van der Waals surface area (Å²) in [5, 5.41) is 0.855. The van der Waals surface area contributed by atoms with Crippen LogP contribution in [0.3, 0.4) is 0 Å². The third kappa shape index (κ3) is 3.98. The fourth-order valence-corrected chi connectivity index (χ4v) is 2.10. The number of hydrogen-bond donors (Lipinski definition) is 0. The van der Waals surface area contributed by atoms with Gasteiger partial charge < -0.3 is 4.74 Å². The first kappa shape index (κ1) is 15.5. The molecule has 0 spiro atoms. The van der Waals surface area contributed by atoms with E-state index in [2.05, 4.69) is 0 Å². The largest absolute Gasteiger partial charge is 0.366 e. The van der Waals surface area contributed by atoms with Crippen LogP contribution in [0.15, 0.2) is 18.2 Å². The molecular formula is C14H18Cl2O2. The van der Waals surface area contributed by atoms with Gasteiger partial charge in [-0.1, -0.05) is 49.2 Å². The van der Waals surface area contributed by atoms with Gasteiger partial charge in [0.25, 0.3) is 0 Å². The minimum absolute atomic E-state index is 0.0510. The Kier molecular flexibility index (Phi) is 6.69. The van der Waals surface area contributed by atoms with E-state index in [1.165, 1.54) is 0 Å². The number of carbonyl (C=O) groups excluding carboxylic acids is 1. The lowest BCUT2D eigenvalue weighted by molar-refractivity contribution is -0.131. The summed E-state index contributed by atoms with van der Waals surface area (Å²) in [5.41, 5.74) is 0.663. The maximum absolute atomic E-state index is 12.1. The number of rotatable bonds is 7. The lowest BCUT2D eigenvalue weighted by atomic mass is 10.0. The van der Waals surface area contributed by atoms with Gasteiger partial charge in [-0.25, -0.2) is 0 Å². The Morgan fingerprint density at radius 2 is 2.00 bits per heavy atom. The monoisotopic (exact) mass is 288 g/mol. The van der Waals surface area contributed by atoms with E-state index in [4.69, 9.17) is 27.9 Å². The second-order valence-corrected chi connectivity index (χ2v) is 4.90. The predicted octanol–water partition coefficient (Wildman–Crippen LogP) is 4.83. The van der Waals surface area contributed by atoms with E-state index >= 15 is 0 Å². The molecule has 0 saturated heterocycles. The van der Waals surface area contributed by atoms with Crippen molar-refractivity contribution in [2.75, 3.05) is 6.61 Å². The van der Waals surface area contributed by atoms with Crippen LogP contribution in [-0.4, -0.2) is 12.4 Å². The van der Waals surface area contributed by atoms with E-state index in [9.17, 15) is 4.79 Å². The Morgan fingerprint density at radius 3 is 2.61 bits per heavy atom. The molecule has 0 fully saturated rings. The van der Waals surface area contributed by atoms with Crippen molar-refractivity contribution in [2.45, 2.75) is 39.2 Å². The smallest absolute Gasteiger partial charge is 0.166 e. The second-order valence-electron chi connectivity index (χ2n) is 4.11. The van der Waals surface area contributed by atoms with Crippen molar-refractivity contribution >= 4 is 29.0 Å². The minimum atomic E-state index is -0.601. The molecule has 0 heterocycles. The predicted molar refractivity (Wildman–Crippen MR) is 75.4 cm³/mol. The van der Waals surface area contributed by atoms with Crippen LogP contribution < -0.4 is 0 Å². The normalized spacial score (nSPS) is 12.4. The van der Waals surface area contributed by atoms with Crippen molar-refractivity contribution in [1.29, 1.82) is 0 Å². The molecule has 2 nitrogen and oxygen atoms in total. The summed E-state index contributed by atoms with van der Waals surface area (Å²) in [6, 6.07) is 5.28. The number of carbonyl (C=O) groups is 1. The summed E-state index contributed by atoms with van der Waals surface area (Å²) in [4.78, 5) is 12.1. The summed E-state index contributed by atoms with van der Waals surface area (Å²) in [5.74, 6) is 0.0510. The lowest BCUT2D eigenvalue weighted by Crippen LogP contribution is -2.17. The van der Waals surface area contributed by atoms with Gasteiger partial charge in [-0.2, -0.15) is 0 Å². The van der Waals surface area contributed by atoms with E-state index in [0.29, 0.717) is 28.6 Å². The molecule has 4 heteroatoms. The third-order valence-electron chi connectivity index (χ3n) is 2.54. The molecule has 0 N–H and O–H groups in total. The maximum Gasteiger partial charge on any atom is 0.166 e. The quantitative estimate of drug-likeness (QED) is 0.718. The fraction of sp³-hybridized carbons (Fsp3) is 0.500. The van der Waals surface area contributed by atoms with Gasteiger partial charge in [0.1, 0.15) is 6.10 Å². The molecule has 1 aromatic rings. The number of ketones is 1. The minimum Gasteiger partial charge on any atom is -0.366 e. The van der Waals surface area contributed by atoms with Gasteiger partial charge in [0.2, 0.25) is 0 Å². The van der Waals surface area contributed by atoms with Crippen LogP contribution in [0.4, 0.5) is 0 Å². The van der Waals surface area contributed by atoms with Crippen LogP contribution in [0, 0.1) is 0 Å². The molecule has 0 aliphatic carbocycles. The number of benzene rings is 1. The van der Waals surface area contributed by atoms with Crippen molar-refractivity contribution in [2.24, 2.45) is 0 Å². The van der Waals surface area contributed by atoms with Gasteiger partial charge in [-0.15, -0.1) is 0 Å². The van der Waals surface area contributed by atoms with Crippen molar-refractivity contribution in [3.63, 3.8) is 0 Å². The summed E-state index contributed by atoms with van der Waals surface area (Å²) >= 11 is 12.1. The molecule has 1 atom stereocenters. The Morgan fingerprint density at radius 1 is 1.28 bits per heavy atom. The number of Topliss-reactive ketones (excluding diaryl/α,β-unsaturated/α-hetero) is 1. The summed E-state index contributed by atoms with van der Waals surface area (Å²) in [6.07, 6.45) is 1.53. The summed E-state index contributed by atoms with van der Waals surface area (Å²) < 4.78 is 5.63. The van der Waals surface area contributed by atoms with E-state index < -0.39 is 6.10 Å². The molecule has 0 aliphatic heterocycles. The number of ether oxygens (including phenoxy) is 1. The average molecular weight is 289 g/mol. The zero-order valence-electron chi connectivity index (χ0n) is 10.7. The van der Waals surface area contributed by atoms with Crippen LogP contribution in [0.2, 0.25) is 10.0 Å². The van der Waals surface area contributed by atoms with Crippen LogP contribution >= 0.6 is 23.2 Å². The fourth-order valence-electron chi connectivity index (χ4n) is 1.69. The Labute approximate surface area is 118 Å². The molecule has 0 bridgehead atoms. The Balaban J connectivity index is 3.01. The van der Waals surface area contributed by atoms with Crippen molar-refractivity contribution in [3.05, 3.63) is 33.8 Å². The molecule has 1 rings (SSSR count). The van der Waals surface area contributed by atoms with Gasteiger partial charge in [-0.3, -0.25) is 4.79 Å². The summed E-state index contributed by atoms with van der Waals surface area (Å²) in [6.45, 7) is 4.50. The molecule has 100 valence electrons. The molecule has 0 saturated carbocycles. The van der Waals surface area contributed by atoms with Crippen molar-refractivity contribution < 1.29 is 9.53 Å². The lowest BCUT2D eigenvalue weighted by Gasteiger charge is -2.18. The first-order valence-corrected chi connectivity index (χ1v) is 6.95. The molecule has 1 aromatic carbocycles. The number of hydrogen-bond acceptors (Lipinski definition) is 2. The third-order valence-corrected chi connectivity index (χ3v) is 3.37. The number of halogens is 2. The SMILES string of the molecule is CCCOC(C(=O)CCC)c1cccc(Cl)c1Cl. The molecule has 0 aliphatic rings. The molecule has 1 unspecified atom stereocenters. The van der Waals surface area contributed by atoms with Gasteiger partial charge in [0.15, 0.2) is 5.78 Å². The van der Waals surface area contributed by atoms with Gasteiger partial charge in [-0.05, 0) is 18.9 Å². The van der Waals surface area contributed by atoms with Crippen LogP contribution in [0.25, 0.3) is 0 Å². The van der Waals surface area contributed by atoms with Crippen LogP contribution in [0.1, 0.15) is 44.8 Å². The summed E-state index contributed by atoms with van der Waals surface area (Å²) in [7, 11) is 0. The highest BCUT2D eigenvalue weighted by Gasteiger charge is 2.23. The zero-order valence-corrected chi connectivity index (χ0v) is 12.2. The molecule has 0 aromatic heterocycles. The van der Waals surface area contributed by atoms with E-state index in [1.54, 1.807) is 18.2 Å². The first-order valence-electron chi connectivity index (χ1n) is 6.20. The van der Waals surface area contributed by atoms with Gasteiger partial charge in [0, 0.05) is 18.6 Å². The average Bonchev–Trinajstić information content (AvgIpc) is 2.35. The topological polar surface area (TPSA) is 26.3 Å². The standard InChI is InChI=1S/C14H18Cl2O2/c1-3-6-12(17)14(18-9-4-2)10-7-5-8-11(15)13(10)16/h5,7-8,14H,3-4,6,9H2,1-2H3. The zero-order chi connectivity index (χ0) is 13.5. The maximum atomic E-state index is 12.1. The van der Waals surface area contributed by atoms with E-state index in [1.807, 2.05) is 13.8 Å². The Hall–Kier alpha value is -0.570. The second kappa shape index (κ2) is 7.78. The van der Waals surface area contributed by atoms with E-state index in [-0.39, 0.29) is 5.78 Å². The van der Waals surface area contributed by atoms with Crippen molar-refractivity contribution in [1.82, 2.24) is 0 Å². The molecule has 0 amide bonds. The van der Waals surface area contributed by atoms with Gasteiger partial charge >= 0.3 is 0 Å². The highest BCUT2D eigenvalue weighted by molar-refractivity contribution is 6.42. The first-order chi connectivity index (χ1) is 8.61. The highest BCUT2D eigenvalue weighted by Crippen LogP contribution is 2.32. The van der Waals surface area contributed by atoms with Crippen LogP contribution in [0.5, 0.6) is 0 Å². The highest BCUT2D eigenvalue weighted by atomic mass is 35.5.